The predicted octanol–water partition coefficient (Wildman–Crippen LogP) is 0.620. The second-order valence-corrected chi connectivity index (χ2v) is 3.77. The van der Waals surface area contributed by atoms with Crippen molar-refractivity contribution in [3.8, 4) is 0 Å². The Hall–Kier alpha value is -1.49. The maximum absolute atomic E-state index is 13.2. The van der Waals surface area contributed by atoms with Crippen molar-refractivity contribution < 1.29 is 13.9 Å². The summed E-state index contributed by atoms with van der Waals surface area (Å²) in [6.45, 7) is 1.17. The third-order valence-electron chi connectivity index (χ3n) is 2.69. The summed E-state index contributed by atoms with van der Waals surface area (Å²) in [7, 11) is 1.62. The molecule has 1 saturated heterocycles. The van der Waals surface area contributed by atoms with E-state index >= 15 is 0 Å². The van der Waals surface area contributed by atoms with Gasteiger partial charge in [0, 0.05) is 26.4 Å². The molecule has 2 rings (SSSR count). The highest BCUT2D eigenvalue weighted by Crippen LogP contribution is 2.13. The Bertz CT molecular complexity index is 391. The van der Waals surface area contributed by atoms with E-state index in [0.29, 0.717) is 13.1 Å². The van der Waals surface area contributed by atoms with Gasteiger partial charge in [-0.05, 0) is 12.1 Å². The average Bonchev–Trinajstić information content (AvgIpc) is 2.20. The molecule has 0 atom stereocenters. The lowest BCUT2D eigenvalue weighted by Gasteiger charge is -2.38. The Balaban J connectivity index is 1.91. The summed E-state index contributed by atoms with van der Waals surface area (Å²) >= 11 is 0. The average molecular weight is 224 g/mol. The summed E-state index contributed by atoms with van der Waals surface area (Å²) < 4.78 is 18.3. The first-order valence-electron chi connectivity index (χ1n) is 5.10. The zero-order valence-corrected chi connectivity index (χ0v) is 9.02. The maximum atomic E-state index is 13.2. The molecule has 1 fully saturated rings. The minimum atomic E-state index is -0.431. The lowest BCUT2D eigenvalue weighted by atomic mass is 10.1. The Morgan fingerprint density at radius 2 is 2.44 bits per heavy atom. The third-order valence-corrected chi connectivity index (χ3v) is 2.69. The van der Waals surface area contributed by atoms with E-state index in [1.165, 1.54) is 18.3 Å². The summed E-state index contributed by atoms with van der Waals surface area (Å²) in [6.07, 6.45) is 1.63. The van der Waals surface area contributed by atoms with Gasteiger partial charge in [0.2, 0.25) is 5.91 Å². The molecule has 0 aromatic carbocycles. The van der Waals surface area contributed by atoms with Crippen LogP contribution in [0.3, 0.4) is 0 Å². The molecule has 0 saturated carbocycles. The van der Waals surface area contributed by atoms with E-state index in [9.17, 15) is 9.18 Å². The zero-order chi connectivity index (χ0) is 11.5. The number of methoxy groups -OCH3 is 1. The molecular weight excluding hydrogens is 211 g/mol. The molecule has 5 heteroatoms. The molecule has 1 aromatic rings. The quantitative estimate of drug-likeness (QED) is 0.756. The summed E-state index contributed by atoms with van der Waals surface area (Å²) in [5, 5.41) is 0. The molecular formula is C11H13FN2O2. The number of pyridine rings is 1. The summed E-state index contributed by atoms with van der Waals surface area (Å²) in [6, 6.07) is 2.82. The fourth-order valence-electron chi connectivity index (χ4n) is 1.59. The number of hydrogen-bond acceptors (Lipinski definition) is 3. The van der Waals surface area contributed by atoms with E-state index in [1.54, 1.807) is 12.0 Å². The molecule has 2 heterocycles. The van der Waals surface area contributed by atoms with E-state index in [0.717, 1.165) is 0 Å². The Kier molecular flexibility index (Phi) is 3.14. The van der Waals surface area contributed by atoms with Crippen LogP contribution in [0.4, 0.5) is 4.39 Å². The van der Waals surface area contributed by atoms with Gasteiger partial charge in [0.25, 0.3) is 0 Å². The van der Waals surface area contributed by atoms with Crippen LogP contribution in [0.2, 0.25) is 0 Å². The molecule has 0 bridgehead atoms. The van der Waals surface area contributed by atoms with E-state index < -0.39 is 5.82 Å². The molecule has 0 aliphatic carbocycles. The second kappa shape index (κ2) is 4.57. The number of nitrogens with zero attached hydrogens (tertiary/aromatic N) is 2. The number of rotatable bonds is 3. The van der Waals surface area contributed by atoms with Gasteiger partial charge < -0.3 is 9.64 Å². The second-order valence-electron chi connectivity index (χ2n) is 3.77. The molecule has 0 unspecified atom stereocenters. The van der Waals surface area contributed by atoms with Gasteiger partial charge in [0.15, 0.2) is 0 Å². The predicted molar refractivity (Wildman–Crippen MR) is 55.3 cm³/mol. The summed E-state index contributed by atoms with van der Waals surface area (Å²) in [5.41, 5.74) is 0.202. The number of amides is 1. The van der Waals surface area contributed by atoms with Gasteiger partial charge in [-0.1, -0.05) is 0 Å². The summed E-state index contributed by atoms with van der Waals surface area (Å²) in [4.78, 5) is 17.2. The van der Waals surface area contributed by atoms with Crippen molar-refractivity contribution in [1.29, 1.82) is 0 Å². The van der Waals surface area contributed by atoms with Crippen molar-refractivity contribution in [3.63, 3.8) is 0 Å². The van der Waals surface area contributed by atoms with E-state index in [-0.39, 0.29) is 24.1 Å². The van der Waals surface area contributed by atoms with Gasteiger partial charge >= 0.3 is 0 Å². The molecule has 0 radical (unpaired) electrons. The smallest absolute Gasteiger partial charge is 0.228 e. The van der Waals surface area contributed by atoms with Gasteiger partial charge in [-0.2, -0.15) is 0 Å². The molecule has 4 nitrogen and oxygen atoms in total. The number of halogens is 1. The van der Waals surface area contributed by atoms with Crippen molar-refractivity contribution in [2.24, 2.45) is 0 Å². The van der Waals surface area contributed by atoms with Crippen LogP contribution < -0.4 is 0 Å². The first-order chi connectivity index (χ1) is 7.70. The van der Waals surface area contributed by atoms with Crippen LogP contribution in [-0.2, 0) is 16.0 Å². The number of ether oxygens (including phenoxy) is 1. The molecule has 1 aliphatic rings. The van der Waals surface area contributed by atoms with Crippen molar-refractivity contribution in [3.05, 3.63) is 29.8 Å². The van der Waals surface area contributed by atoms with Crippen LogP contribution in [0.25, 0.3) is 0 Å². The Morgan fingerprint density at radius 1 is 1.69 bits per heavy atom. The van der Waals surface area contributed by atoms with Crippen LogP contribution in [0.15, 0.2) is 18.3 Å². The first-order valence-corrected chi connectivity index (χ1v) is 5.10. The van der Waals surface area contributed by atoms with E-state index in [2.05, 4.69) is 4.98 Å². The van der Waals surface area contributed by atoms with Crippen molar-refractivity contribution in [1.82, 2.24) is 9.88 Å². The fraction of sp³-hybridized carbons (Fsp3) is 0.455. The number of aromatic nitrogens is 1. The van der Waals surface area contributed by atoms with Gasteiger partial charge in [0.1, 0.15) is 5.82 Å². The largest absolute Gasteiger partial charge is 0.378 e. The van der Waals surface area contributed by atoms with Gasteiger partial charge in [-0.3, -0.25) is 9.78 Å². The van der Waals surface area contributed by atoms with Crippen molar-refractivity contribution in [2.75, 3.05) is 20.2 Å². The van der Waals surface area contributed by atoms with Crippen LogP contribution in [0, 0.1) is 5.82 Å². The van der Waals surface area contributed by atoms with Crippen LogP contribution in [0.5, 0.6) is 0 Å². The normalized spacial score (nSPS) is 16.0. The topological polar surface area (TPSA) is 42.4 Å². The van der Waals surface area contributed by atoms with Crippen LogP contribution in [0.1, 0.15) is 5.69 Å². The highest BCUT2D eigenvalue weighted by molar-refractivity contribution is 5.79. The van der Waals surface area contributed by atoms with Gasteiger partial charge in [0.05, 0.1) is 18.2 Å². The summed E-state index contributed by atoms with van der Waals surface area (Å²) in [5.74, 6) is -0.537. The first kappa shape index (κ1) is 11.0. The van der Waals surface area contributed by atoms with E-state index in [4.69, 9.17) is 4.74 Å². The minimum absolute atomic E-state index is 0.0170. The lowest BCUT2D eigenvalue weighted by Crippen LogP contribution is -2.54. The molecule has 1 aromatic heterocycles. The monoisotopic (exact) mass is 224 g/mol. The van der Waals surface area contributed by atoms with E-state index in [1.807, 2.05) is 0 Å². The van der Waals surface area contributed by atoms with Crippen molar-refractivity contribution >= 4 is 5.91 Å². The zero-order valence-electron chi connectivity index (χ0n) is 9.02. The Labute approximate surface area is 93.0 Å². The van der Waals surface area contributed by atoms with Gasteiger partial charge in [-0.15, -0.1) is 0 Å². The standard InChI is InChI=1S/C11H13FN2O2/c1-16-8-6-14(7-8)11(15)5-10-9(12)3-2-4-13-10/h2-4,8H,5-7H2,1H3. The van der Waals surface area contributed by atoms with Crippen LogP contribution >= 0.6 is 0 Å². The van der Waals surface area contributed by atoms with Crippen LogP contribution in [-0.4, -0.2) is 42.1 Å². The molecule has 1 amide bonds. The Morgan fingerprint density at radius 3 is 3.06 bits per heavy atom. The SMILES string of the molecule is COC1CN(C(=O)Cc2ncccc2F)C1. The molecule has 86 valence electrons. The number of carbonyl (C=O) groups is 1. The van der Waals surface area contributed by atoms with Gasteiger partial charge in [-0.25, -0.2) is 4.39 Å². The maximum Gasteiger partial charge on any atom is 0.228 e. The number of carbonyl (C=O) groups excluding carboxylic acids is 1. The number of hydrogen-bond donors (Lipinski definition) is 0. The molecule has 0 spiro atoms. The number of likely N-dealkylation sites (tertiary alicyclic amines) is 1. The molecule has 1 aliphatic heterocycles. The molecule has 0 N–H and O–H groups in total. The molecule has 16 heavy (non-hydrogen) atoms. The minimum Gasteiger partial charge on any atom is -0.378 e. The third kappa shape index (κ3) is 2.19. The lowest BCUT2D eigenvalue weighted by molar-refractivity contribution is -0.142. The fourth-order valence-corrected chi connectivity index (χ4v) is 1.59. The van der Waals surface area contributed by atoms with Crippen molar-refractivity contribution in [2.45, 2.75) is 12.5 Å². The highest BCUT2D eigenvalue weighted by Gasteiger charge is 2.30. The highest BCUT2D eigenvalue weighted by atomic mass is 19.1.